The molecule has 150 valence electrons. The van der Waals surface area contributed by atoms with Crippen LogP contribution in [0.15, 0.2) is 47.1 Å². The van der Waals surface area contributed by atoms with Crippen molar-refractivity contribution < 1.29 is 9.53 Å². The maximum atomic E-state index is 12.6. The maximum Gasteiger partial charge on any atom is 0.252 e. The highest BCUT2D eigenvalue weighted by Crippen LogP contribution is 2.30. The molecule has 2 aromatic heterocycles. The lowest BCUT2D eigenvalue weighted by Gasteiger charge is -2.14. The van der Waals surface area contributed by atoms with E-state index in [0.29, 0.717) is 24.4 Å². The number of halogens is 1. The number of carbonyl (C=O) groups excluding carboxylic acids is 1. The zero-order chi connectivity index (χ0) is 20.2. The number of carbonyl (C=O) groups is 1. The fraction of sp³-hybridized carbons (Fsp3) is 0.318. The molecule has 0 saturated heterocycles. The zero-order valence-electron chi connectivity index (χ0n) is 16.3. The third-order valence-corrected chi connectivity index (χ3v) is 5.88. The van der Waals surface area contributed by atoms with Crippen molar-refractivity contribution in [1.82, 2.24) is 20.1 Å². The van der Waals surface area contributed by atoms with Gasteiger partial charge in [-0.15, -0.1) is 0 Å². The molecule has 0 fully saturated rings. The van der Waals surface area contributed by atoms with Crippen LogP contribution in [0.3, 0.4) is 0 Å². The van der Waals surface area contributed by atoms with Gasteiger partial charge < -0.3 is 10.1 Å². The molecule has 0 unspecified atom stereocenters. The Bertz CT molecular complexity index is 1020. The molecule has 1 aromatic carbocycles. The molecule has 0 atom stereocenters. The fourth-order valence-electron chi connectivity index (χ4n) is 3.74. The number of nitrogens with zero attached hydrogens (tertiary/aromatic N) is 3. The molecule has 7 heteroatoms. The van der Waals surface area contributed by atoms with Gasteiger partial charge in [-0.3, -0.25) is 14.5 Å². The summed E-state index contributed by atoms with van der Waals surface area (Å²) in [4.78, 5) is 17.1. The molecule has 29 heavy (non-hydrogen) atoms. The van der Waals surface area contributed by atoms with Crippen molar-refractivity contribution >= 4 is 21.8 Å². The smallest absolute Gasteiger partial charge is 0.252 e. The van der Waals surface area contributed by atoms with E-state index in [1.807, 2.05) is 35.0 Å². The summed E-state index contributed by atoms with van der Waals surface area (Å²) in [5.74, 6) is 0.515. The van der Waals surface area contributed by atoms with Crippen LogP contribution >= 0.6 is 15.9 Å². The van der Waals surface area contributed by atoms with Crippen LogP contribution in [0.4, 0.5) is 0 Å². The van der Waals surface area contributed by atoms with Crippen LogP contribution in [-0.2, 0) is 19.4 Å². The van der Waals surface area contributed by atoms with E-state index >= 15 is 0 Å². The Kier molecular flexibility index (Phi) is 5.94. The second-order valence-corrected chi connectivity index (χ2v) is 7.88. The highest BCUT2D eigenvalue weighted by atomic mass is 79.9. The lowest BCUT2D eigenvalue weighted by molar-refractivity contribution is 0.0950. The Morgan fingerprint density at radius 1 is 1.24 bits per heavy atom. The first kappa shape index (κ1) is 19.6. The quantitative estimate of drug-likeness (QED) is 0.610. The van der Waals surface area contributed by atoms with E-state index in [1.165, 1.54) is 24.1 Å². The first-order valence-electron chi connectivity index (χ1n) is 9.79. The highest BCUT2D eigenvalue weighted by molar-refractivity contribution is 9.10. The van der Waals surface area contributed by atoms with Gasteiger partial charge in [0.15, 0.2) is 0 Å². The van der Waals surface area contributed by atoms with E-state index in [0.717, 1.165) is 28.7 Å². The van der Waals surface area contributed by atoms with Crippen molar-refractivity contribution in [3.05, 3.63) is 63.9 Å². The van der Waals surface area contributed by atoms with E-state index in [9.17, 15) is 4.79 Å². The van der Waals surface area contributed by atoms with Crippen LogP contribution in [0.1, 0.15) is 34.5 Å². The molecule has 3 aromatic rings. The van der Waals surface area contributed by atoms with Crippen LogP contribution in [0.2, 0.25) is 0 Å². The molecule has 1 amide bonds. The second kappa shape index (κ2) is 8.78. The molecule has 0 aliphatic heterocycles. The van der Waals surface area contributed by atoms with Crippen LogP contribution < -0.4 is 10.1 Å². The number of hydrogen-bond acceptors (Lipinski definition) is 4. The van der Waals surface area contributed by atoms with Crippen LogP contribution in [0.5, 0.6) is 5.75 Å². The van der Waals surface area contributed by atoms with Crippen LogP contribution in [0, 0.1) is 0 Å². The molecule has 0 spiro atoms. The van der Waals surface area contributed by atoms with E-state index in [2.05, 4.69) is 26.2 Å². The topological polar surface area (TPSA) is 69.0 Å². The standard InChI is InChI=1S/C22H23BrN4O2/c1-29-15-9-10-18(23)17(14-15)22(28)25-12-13-27-20-8-3-2-6-16(20)21(26-27)19-7-4-5-11-24-19/h4-5,7,9-11,14H,2-3,6,8,12-13H2,1H3,(H,25,28). The normalized spacial score (nSPS) is 13.0. The number of amides is 1. The van der Waals surface area contributed by atoms with Crippen molar-refractivity contribution in [1.29, 1.82) is 0 Å². The Labute approximate surface area is 178 Å². The van der Waals surface area contributed by atoms with E-state index < -0.39 is 0 Å². The fourth-order valence-corrected chi connectivity index (χ4v) is 4.17. The zero-order valence-corrected chi connectivity index (χ0v) is 17.9. The number of pyridine rings is 1. The first-order chi connectivity index (χ1) is 14.2. The summed E-state index contributed by atoms with van der Waals surface area (Å²) in [6, 6.07) is 11.3. The number of hydrogen-bond donors (Lipinski definition) is 1. The lowest BCUT2D eigenvalue weighted by atomic mass is 9.95. The van der Waals surface area contributed by atoms with Gasteiger partial charge in [0, 0.05) is 28.5 Å². The summed E-state index contributed by atoms with van der Waals surface area (Å²) in [5.41, 5.74) is 5.02. The van der Waals surface area contributed by atoms with Crippen molar-refractivity contribution in [3.63, 3.8) is 0 Å². The van der Waals surface area contributed by atoms with Gasteiger partial charge in [-0.05, 0) is 71.9 Å². The summed E-state index contributed by atoms with van der Waals surface area (Å²) in [5, 5.41) is 7.84. The molecular formula is C22H23BrN4O2. The average molecular weight is 455 g/mol. The van der Waals surface area contributed by atoms with Gasteiger partial charge in [0.2, 0.25) is 0 Å². The second-order valence-electron chi connectivity index (χ2n) is 7.02. The van der Waals surface area contributed by atoms with Gasteiger partial charge in [0.25, 0.3) is 5.91 Å². The van der Waals surface area contributed by atoms with E-state index in [-0.39, 0.29) is 5.91 Å². The third-order valence-electron chi connectivity index (χ3n) is 5.19. The first-order valence-corrected chi connectivity index (χ1v) is 10.6. The monoisotopic (exact) mass is 454 g/mol. The van der Waals surface area contributed by atoms with Gasteiger partial charge in [-0.1, -0.05) is 6.07 Å². The van der Waals surface area contributed by atoms with Gasteiger partial charge in [0.1, 0.15) is 11.4 Å². The lowest BCUT2D eigenvalue weighted by Crippen LogP contribution is -2.28. The summed E-state index contributed by atoms with van der Waals surface area (Å²) in [6.45, 7) is 1.13. The number of ether oxygens (including phenoxy) is 1. The predicted octanol–water partition coefficient (Wildman–Crippen LogP) is 4.03. The minimum absolute atomic E-state index is 0.137. The van der Waals surface area contributed by atoms with Crippen molar-refractivity contribution in [2.75, 3.05) is 13.7 Å². The summed E-state index contributed by atoms with van der Waals surface area (Å²) >= 11 is 3.43. The van der Waals surface area contributed by atoms with Gasteiger partial charge in [-0.2, -0.15) is 5.10 Å². The number of aromatic nitrogens is 3. The Balaban J connectivity index is 1.49. The van der Waals surface area contributed by atoms with Gasteiger partial charge in [0.05, 0.1) is 24.9 Å². The number of rotatable bonds is 6. The van der Waals surface area contributed by atoms with Crippen LogP contribution in [0.25, 0.3) is 11.4 Å². The average Bonchev–Trinajstić information content (AvgIpc) is 3.13. The third kappa shape index (κ3) is 4.19. The van der Waals surface area contributed by atoms with E-state index in [4.69, 9.17) is 9.84 Å². The van der Waals surface area contributed by atoms with Crippen molar-refractivity contribution in [2.24, 2.45) is 0 Å². The molecule has 0 bridgehead atoms. The molecule has 0 radical (unpaired) electrons. The van der Waals surface area contributed by atoms with Crippen LogP contribution in [-0.4, -0.2) is 34.3 Å². The molecular weight excluding hydrogens is 432 g/mol. The molecule has 6 nitrogen and oxygen atoms in total. The molecule has 4 rings (SSSR count). The number of methoxy groups -OCH3 is 1. The summed E-state index contributed by atoms with van der Waals surface area (Å²) in [6.07, 6.45) is 6.20. The number of benzene rings is 1. The van der Waals surface area contributed by atoms with Crippen molar-refractivity contribution in [2.45, 2.75) is 32.2 Å². The number of nitrogens with one attached hydrogen (secondary N) is 1. The Hall–Kier alpha value is -2.67. The summed E-state index contributed by atoms with van der Waals surface area (Å²) < 4.78 is 8.00. The van der Waals surface area contributed by atoms with Gasteiger partial charge >= 0.3 is 0 Å². The van der Waals surface area contributed by atoms with Crippen molar-refractivity contribution in [3.8, 4) is 17.1 Å². The molecule has 1 aliphatic rings. The molecule has 1 N–H and O–H groups in total. The Morgan fingerprint density at radius 2 is 2.10 bits per heavy atom. The van der Waals surface area contributed by atoms with Gasteiger partial charge in [-0.25, -0.2) is 0 Å². The molecule has 1 aliphatic carbocycles. The van der Waals surface area contributed by atoms with E-state index in [1.54, 1.807) is 19.4 Å². The molecule has 0 saturated carbocycles. The minimum Gasteiger partial charge on any atom is -0.497 e. The SMILES string of the molecule is COc1ccc(Br)c(C(=O)NCCn2nc(-c3ccccn3)c3c2CCCC3)c1. The number of fused-ring (bicyclic) bond motifs is 1. The summed E-state index contributed by atoms with van der Waals surface area (Å²) in [7, 11) is 1.59. The minimum atomic E-state index is -0.137. The molecule has 2 heterocycles. The Morgan fingerprint density at radius 3 is 2.90 bits per heavy atom. The predicted molar refractivity (Wildman–Crippen MR) is 115 cm³/mol. The highest BCUT2D eigenvalue weighted by Gasteiger charge is 2.22. The largest absolute Gasteiger partial charge is 0.497 e. The maximum absolute atomic E-state index is 12.6.